The second-order valence-electron chi connectivity index (χ2n) is 5.70. The Bertz CT molecular complexity index is 548. The molecule has 1 aliphatic heterocycles. The maximum absolute atomic E-state index is 4.45. The summed E-state index contributed by atoms with van der Waals surface area (Å²) in [5.74, 6) is 0. The van der Waals surface area contributed by atoms with Crippen LogP contribution in [0.1, 0.15) is 31.2 Å². The zero-order valence-electron chi connectivity index (χ0n) is 11.6. The van der Waals surface area contributed by atoms with Gasteiger partial charge in [0.05, 0.1) is 18.6 Å². The predicted octanol–water partition coefficient (Wildman–Crippen LogP) is 1.31. The topological polar surface area (TPSA) is 47.7 Å². The summed E-state index contributed by atoms with van der Waals surface area (Å²) in [6.45, 7) is 5.33. The molecule has 0 saturated carbocycles. The number of aromatic nitrogens is 4. The van der Waals surface area contributed by atoms with Gasteiger partial charge < -0.3 is 9.88 Å². The molecule has 0 bridgehead atoms. The molecule has 5 nitrogen and oxygen atoms in total. The van der Waals surface area contributed by atoms with E-state index in [0.29, 0.717) is 0 Å². The second-order valence-corrected chi connectivity index (χ2v) is 5.70. The Morgan fingerprint density at radius 3 is 2.84 bits per heavy atom. The molecule has 2 aromatic rings. The first-order valence-corrected chi connectivity index (χ1v) is 6.87. The van der Waals surface area contributed by atoms with Crippen LogP contribution >= 0.6 is 0 Å². The lowest BCUT2D eigenvalue weighted by Gasteiger charge is -2.34. The van der Waals surface area contributed by atoms with Crippen molar-refractivity contribution in [3.63, 3.8) is 0 Å². The molecule has 5 heteroatoms. The summed E-state index contributed by atoms with van der Waals surface area (Å²) >= 11 is 0. The second kappa shape index (κ2) is 4.81. The number of nitrogens with zero attached hydrogens (tertiary/aromatic N) is 4. The van der Waals surface area contributed by atoms with E-state index in [1.165, 1.54) is 18.5 Å². The minimum atomic E-state index is 0.233. The third kappa shape index (κ3) is 2.42. The van der Waals surface area contributed by atoms with E-state index in [1.807, 2.05) is 30.5 Å². The van der Waals surface area contributed by atoms with Gasteiger partial charge in [0.1, 0.15) is 0 Å². The first-order chi connectivity index (χ1) is 9.17. The SMILES string of the molecule is Cn1ccc(Cn2cncc2C2(C)CCNCC2)n1. The summed E-state index contributed by atoms with van der Waals surface area (Å²) in [6.07, 6.45) is 8.27. The van der Waals surface area contributed by atoms with Crippen molar-refractivity contribution in [2.45, 2.75) is 31.7 Å². The van der Waals surface area contributed by atoms with Crippen LogP contribution in [0.3, 0.4) is 0 Å². The van der Waals surface area contributed by atoms with Crippen LogP contribution in [0.15, 0.2) is 24.8 Å². The van der Waals surface area contributed by atoms with E-state index in [2.05, 4.69) is 33.0 Å². The summed E-state index contributed by atoms with van der Waals surface area (Å²) in [7, 11) is 1.95. The summed E-state index contributed by atoms with van der Waals surface area (Å²) in [6, 6.07) is 2.06. The van der Waals surface area contributed by atoms with Crippen LogP contribution < -0.4 is 5.32 Å². The standard InChI is InChI=1S/C14H21N5/c1-14(4-6-15-7-5-14)13-9-16-11-19(13)10-12-3-8-18(2)17-12/h3,8-9,11,15H,4-7,10H2,1-2H3. The van der Waals surface area contributed by atoms with E-state index >= 15 is 0 Å². The molecule has 0 unspecified atom stereocenters. The van der Waals surface area contributed by atoms with Gasteiger partial charge in [0.2, 0.25) is 0 Å². The molecule has 19 heavy (non-hydrogen) atoms. The van der Waals surface area contributed by atoms with Crippen molar-refractivity contribution in [1.82, 2.24) is 24.6 Å². The summed E-state index contributed by atoms with van der Waals surface area (Å²) in [5, 5.41) is 7.88. The van der Waals surface area contributed by atoms with E-state index in [0.717, 1.165) is 25.3 Å². The highest BCUT2D eigenvalue weighted by molar-refractivity contribution is 5.17. The number of piperidine rings is 1. The monoisotopic (exact) mass is 259 g/mol. The van der Waals surface area contributed by atoms with Crippen LogP contribution in [0.25, 0.3) is 0 Å². The highest BCUT2D eigenvalue weighted by Crippen LogP contribution is 2.32. The molecule has 0 atom stereocenters. The van der Waals surface area contributed by atoms with Crippen molar-refractivity contribution in [1.29, 1.82) is 0 Å². The molecule has 0 aliphatic carbocycles. The van der Waals surface area contributed by atoms with Gasteiger partial charge in [-0.05, 0) is 32.0 Å². The molecule has 1 saturated heterocycles. The number of nitrogens with one attached hydrogen (secondary N) is 1. The maximum Gasteiger partial charge on any atom is 0.0952 e. The average Bonchev–Trinajstić information content (AvgIpc) is 3.00. The molecule has 102 valence electrons. The molecule has 0 radical (unpaired) electrons. The van der Waals surface area contributed by atoms with Crippen LogP contribution in [0, 0.1) is 0 Å². The van der Waals surface area contributed by atoms with Gasteiger partial charge in [-0.3, -0.25) is 4.68 Å². The Hall–Kier alpha value is -1.62. The molecule has 1 aliphatic rings. The Morgan fingerprint density at radius 2 is 2.16 bits per heavy atom. The molecule has 0 aromatic carbocycles. The Morgan fingerprint density at radius 1 is 1.37 bits per heavy atom. The Labute approximate surface area is 113 Å². The molecule has 1 N–H and O–H groups in total. The number of aryl methyl sites for hydroxylation is 1. The van der Waals surface area contributed by atoms with Gasteiger partial charge in [-0.2, -0.15) is 5.10 Å². The van der Waals surface area contributed by atoms with Crippen molar-refractivity contribution in [3.05, 3.63) is 36.2 Å². The van der Waals surface area contributed by atoms with Crippen LogP contribution in [0.4, 0.5) is 0 Å². The number of rotatable bonds is 3. The van der Waals surface area contributed by atoms with Gasteiger partial charge in [-0.1, -0.05) is 6.92 Å². The van der Waals surface area contributed by atoms with Gasteiger partial charge in [0, 0.05) is 30.6 Å². The maximum atomic E-state index is 4.45. The van der Waals surface area contributed by atoms with Gasteiger partial charge in [0.25, 0.3) is 0 Å². The number of imidazole rings is 1. The number of hydrogen-bond acceptors (Lipinski definition) is 3. The first kappa shape index (κ1) is 12.4. The van der Waals surface area contributed by atoms with E-state index < -0.39 is 0 Å². The highest BCUT2D eigenvalue weighted by Gasteiger charge is 2.31. The van der Waals surface area contributed by atoms with Crippen molar-refractivity contribution in [3.8, 4) is 0 Å². The van der Waals surface area contributed by atoms with Crippen molar-refractivity contribution >= 4 is 0 Å². The zero-order chi connectivity index (χ0) is 13.3. The number of hydrogen-bond donors (Lipinski definition) is 1. The van der Waals surface area contributed by atoms with Crippen molar-refractivity contribution in [2.24, 2.45) is 7.05 Å². The molecule has 0 amide bonds. The van der Waals surface area contributed by atoms with Crippen molar-refractivity contribution in [2.75, 3.05) is 13.1 Å². The molecule has 0 spiro atoms. The smallest absolute Gasteiger partial charge is 0.0952 e. The quantitative estimate of drug-likeness (QED) is 0.904. The third-order valence-electron chi connectivity index (χ3n) is 4.14. The van der Waals surface area contributed by atoms with Crippen LogP contribution in [0.5, 0.6) is 0 Å². The lowest BCUT2D eigenvalue weighted by molar-refractivity contribution is 0.318. The third-order valence-corrected chi connectivity index (χ3v) is 4.14. The van der Waals surface area contributed by atoms with Crippen molar-refractivity contribution < 1.29 is 0 Å². The van der Waals surface area contributed by atoms with Crippen LogP contribution in [-0.2, 0) is 19.0 Å². The minimum absolute atomic E-state index is 0.233. The van der Waals surface area contributed by atoms with Crippen LogP contribution in [-0.4, -0.2) is 32.4 Å². The summed E-state index contributed by atoms with van der Waals surface area (Å²) in [5.41, 5.74) is 2.65. The fourth-order valence-electron chi connectivity index (χ4n) is 2.91. The fourth-order valence-corrected chi connectivity index (χ4v) is 2.91. The molecular formula is C14H21N5. The van der Waals surface area contributed by atoms with Gasteiger partial charge in [0.15, 0.2) is 0 Å². The largest absolute Gasteiger partial charge is 0.328 e. The Balaban J connectivity index is 1.85. The highest BCUT2D eigenvalue weighted by atomic mass is 15.3. The normalized spacial score (nSPS) is 18.6. The van der Waals surface area contributed by atoms with Gasteiger partial charge >= 0.3 is 0 Å². The molecule has 2 aromatic heterocycles. The molecular weight excluding hydrogens is 238 g/mol. The van der Waals surface area contributed by atoms with E-state index in [9.17, 15) is 0 Å². The average molecular weight is 259 g/mol. The summed E-state index contributed by atoms with van der Waals surface area (Å²) < 4.78 is 4.09. The predicted molar refractivity (Wildman–Crippen MR) is 74.0 cm³/mol. The van der Waals surface area contributed by atoms with E-state index in [-0.39, 0.29) is 5.41 Å². The first-order valence-electron chi connectivity index (χ1n) is 6.87. The molecule has 3 heterocycles. The summed E-state index contributed by atoms with van der Waals surface area (Å²) in [4.78, 5) is 4.35. The molecule has 3 rings (SSSR count). The Kier molecular flexibility index (Phi) is 3.14. The van der Waals surface area contributed by atoms with E-state index in [1.54, 1.807) is 0 Å². The fraction of sp³-hybridized carbons (Fsp3) is 0.571. The molecule has 1 fully saturated rings. The van der Waals surface area contributed by atoms with Gasteiger partial charge in [-0.15, -0.1) is 0 Å². The zero-order valence-corrected chi connectivity index (χ0v) is 11.6. The van der Waals surface area contributed by atoms with E-state index in [4.69, 9.17) is 0 Å². The lowest BCUT2D eigenvalue weighted by atomic mass is 9.78. The van der Waals surface area contributed by atoms with Gasteiger partial charge in [-0.25, -0.2) is 4.98 Å². The van der Waals surface area contributed by atoms with Crippen LogP contribution in [0.2, 0.25) is 0 Å². The minimum Gasteiger partial charge on any atom is -0.328 e. The lowest BCUT2D eigenvalue weighted by Crippen LogP contribution is -2.39.